The maximum Gasteiger partial charge on any atom is 0.276 e. The number of piperidine rings is 1. The van der Waals surface area contributed by atoms with Crippen molar-refractivity contribution in [2.45, 2.75) is 25.8 Å². The maximum absolute atomic E-state index is 12.4. The van der Waals surface area contributed by atoms with E-state index in [1.165, 1.54) is 0 Å². The minimum atomic E-state index is -0.0935. The zero-order valence-electron chi connectivity index (χ0n) is 12.1. The molecular formula is C15H19N5O. The van der Waals surface area contributed by atoms with Crippen molar-refractivity contribution in [3.63, 3.8) is 0 Å². The Labute approximate surface area is 123 Å². The van der Waals surface area contributed by atoms with E-state index in [1.807, 2.05) is 31.2 Å². The van der Waals surface area contributed by atoms with E-state index in [9.17, 15) is 4.79 Å². The Morgan fingerprint density at radius 3 is 3.05 bits per heavy atom. The van der Waals surface area contributed by atoms with Gasteiger partial charge < -0.3 is 10.6 Å². The smallest absolute Gasteiger partial charge is 0.276 e. The fraction of sp³-hybridized carbons (Fsp3) is 0.400. The minimum absolute atomic E-state index is 0.0644. The average molecular weight is 285 g/mol. The monoisotopic (exact) mass is 285 g/mol. The van der Waals surface area contributed by atoms with Gasteiger partial charge in [0.2, 0.25) is 0 Å². The minimum Gasteiger partial charge on any atom is -0.336 e. The third-order valence-corrected chi connectivity index (χ3v) is 3.72. The van der Waals surface area contributed by atoms with Crippen molar-refractivity contribution >= 4 is 5.91 Å². The molecule has 1 atom stereocenters. The van der Waals surface area contributed by atoms with E-state index in [2.05, 4.69) is 10.3 Å². The number of nitrogens with two attached hydrogens (primary N) is 1. The highest BCUT2D eigenvalue weighted by Gasteiger charge is 2.24. The van der Waals surface area contributed by atoms with Crippen LogP contribution >= 0.6 is 0 Å². The lowest BCUT2D eigenvalue weighted by Crippen LogP contribution is -2.45. The fourth-order valence-corrected chi connectivity index (χ4v) is 2.61. The first-order chi connectivity index (χ1) is 10.1. The molecule has 0 spiro atoms. The highest BCUT2D eigenvalue weighted by atomic mass is 16.2. The number of rotatable bonds is 2. The third-order valence-electron chi connectivity index (χ3n) is 3.72. The van der Waals surface area contributed by atoms with Gasteiger partial charge in [-0.1, -0.05) is 17.3 Å². The summed E-state index contributed by atoms with van der Waals surface area (Å²) in [4.78, 5) is 14.2. The first kappa shape index (κ1) is 13.8. The van der Waals surface area contributed by atoms with E-state index in [0.29, 0.717) is 12.2 Å². The standard InChI is InChI=1S/C15H19N5O/c1-11-4-2-6-13(8-11)20-10-14(17-18-20)15(21)19-7-3-5-12(16)9-19/h2,4,6,8,10,12H,3,5,7,9,16H2,1H3/t12-/m1/s1. The molecule has 2 heterocycles. The average Bonchev–Trinajstić information content (AvgIpc) is 2.96. The first-order valence-electron chi connectivity index (χ1n) is 7.18. The van der Waals surface area contributed by atoms with Crippen LogP contribution in [0.4, 0.5) is 0 Å². The van der Waals surface area contributed by atoms with Gasteiger partial charge in [0.1, 0.15) is 0 Å². The quantitative estimate of drug-likeness (QED) is 0.897. The van der Waals surface area contributed by atoms with Crippen molar-refractivity contribution < 1.29 is 4.79 Å². The van der Waals surface area contributed by atoms with Crippen LogP contribution in [0.1, 0.15) is 28.9 Å². The molecule has 1 aliphatic rings. The molecule has 0 unspecified atom stereocenters. The molecule has 2 aromatic rings. The Kier molecular flexibility index (Phi) is 3.70. The Bertz CT molecular complexity index is 651. The Morgan fingerprint density at radius 1 is 1.43 bits per heavy atom. The van der Waals surface area contributed by atoms with Crippen LogP contribution in [0.2, 0.25) is 0 Å². The number of carbonyl (C=O) groups is 1. The topological polar surface area (TPSA) is 77.0 Å². The molecule has 1 aliphatic heterocycles. The van der Waals surface area contributed by atoms with Crippen molar-refractivity contribution in [3.05, 3.63) is 41.7 Å². The number of amides is 1. The second kappa shape index (κ2) is 5.65. The molecule has 1 amide bonds. The molecule has 0 radical (unpaired) electrons. The van der Waals surface area contributed by atoms with E-state index in [1.54, 1.807) is 15.8 Å². The predicted molar refractivity (Wildman–Crippen MR) is 79.2 cm³/mol. The van der Waals surface area contributed by atoms with Gasteiger partial charge >= 0.3 is 0 Å². The second-order valence-corrected chi connectivity index (χ2v) is 5.54. The number of hydrogen-bond donors (Lipinski definition) is 1. The molecule has 1 aromatic carbocycles. The molecule has 110 valence electrons. The number of carbonyl (C=O) groups excluding carboxylic acids is 1. The summed E-state index contributed by atoms with van der Waals surface area (Å²) in [6.45, 7) is 3.35. The van der Waals surface area contributed by atoms with Crippen LogP contribution in [-0.2, 0) is 0 Å². The molecule has 3 rings (SSSR count). The number of benzene rings is 1. The van der Waals surface area contributed by atoms with E-state index in [4.69, 9.17) is 5.73 Å². The summed E-state index contributed by atoms with van der Waals surface area (Å²) in [6, 6.07) is 7.97. The molecule has 2 N–H and O–H groups in total. The molecule has 0 saturated carbocycles. The van der Waals surface area contributed by atoms with E-state index < -0.39 is 0 Å². The van der Waals surface area contributed by atoms with E-state index in [-0.39, 0.29) is 11.9 Å². The molecule has 0 bridgehead atoms. The predicted octanol–water partition coefficient (Wildman–Crippen LogP) is 1.14. The van der Waals surface area contributed by atoms with Crippen molar-refractivity contribution in [3.8, 4) is 5.69 Å². The van der Waals surface area contributed by atoms with Crippen molar-refractivity contribution in [1.29, 1.82) is 0 Å². The van der Waals surface area contributed by atoms with Gasteiger partial charge in [-0.15, -0.1) is 5.10 Å². The number of likely N-dealkylation sites (tertiary alicyclic amines) is 1. The molecule has 6 heteroatoms. The summed E-state index contributed by atoms with van der Waals surface area (Å²) in [5.74, 6) is -0.0935. The van der Waals surface area contributed by atoms with E-state index in [0.717, 1.165) is 30.6 Å². The van der Waals surface area contributed by atoms with E-state index >= 15 is 0 Å². The molecule has 1 fully saturated rings. The second-order valence-electron chi connectivity index (χ2n) is 5.54. The SMILES string of the molecule is Cc1cccc(-n2cc(C(=O)N3CCC[C@@H](N)C3)nn2)c1. The molecular weight excluding hydrogens is 266 g/mol. The lowest BCUT2D eigenvalue weighted by Gasteiger charge is -2.29. The molecule has 6 nitrogen and oxygen atoms in total. The number of aryl methyl sites for hydroxylation is 1. The number of aromatic nitrogens is 3. The van der Waals surface area contributed by atoms with Gasteiger partial charge in [0, 0.05) is 19.1 Å². The summed E-state index contributed by atoms with van der Waals surface area (Å²) in [5.41, 5.74) is 8.32. The van der Waals surface area contributed by atoms with Crippen molar-refractivity contribution in [2.75, 3.05) is 13.1 Å². The number of hydrogen-bond acceptors (Lipinski definition) is 4. The highest BCUT2D eigenvalue weighted by molar-refractivity contribution is 5.92. The van der Waals surface area contributed by atoms with Crippen LogP contribution in [0.25, 0.3) is 5.69 Å². The Morgan fingerprint density at radius 2 is 2.29 bits per heavy atom. The van der Waals surface area contributed by atoms with Crippen LogP contribution in [0.3, 0.4) is 0 Å². The normalized spacial score (nSPS) is 18.8. The van der Waals surface area contributed by atoms with Crippen LogP contribution in [0.15, 0.2) is 30.5 Å². The zero-order valence-corrected chi connectivity index (χ0v) is 12.1. The lowest BCUT2D eigenvalue weighted by atomic mass is 10.1. The molecule has 1 aromatic heterocycles. The zero-order chi connectivity index (χ0) is 14.8. The van der Waals surface area contributed by atoms with Crippen molar-refractivity contribution in [1.82, 2.24) is 19.9 Å². The largest absolute Gasteiger partial charge is 0.336 e. The lowest BCUT2D eigenvalue weighted by molar-refractivity contribution is 0.0702. The molecule has 0 aliphatic carbocycles. The number of nitrogens with zero attached hydrogens (tertiary/aromatic N) is 4. The summed E-state index contributed by atoms with van der Waals surface area (Å²) < 4.78 is 1.63. The van der Waals surface area contributed by atoms with Gasteiger partial charge in [0.05, 0.1) is 11.9 Å². The molecule has 21 heavy (non-hydrogen) atoms. The van der Waals surface area contributed by atoms with Crippen LogP contribution in [-0.4, -0.2) is 44.9 Å². The van der Waals surface area contributed by atoms with Gasteiger partial charge in [-0.3, -0.25) is 4.79 Å². The Balaban J connectivity index is 1.80. The maximum atomic E-state index is 12.4. The Hall–Kier alpha value is -2.21. The summed E-state index contributed by atoms with van der Waals surface area (Å²) in [5, 5.41) is 8.05. The van der Waals surface area contributed by atoms with Gasteiger partial charge in [-0.2, -0.15) is 0 Å². The van der Waals surface area contributed by atoms with Crippen LogP contribution < -0.4 is 5.73 Å². The van der Waals surface area contributed by atoms with Crippen LogP contribution in [0, 0.1) is 6.92 Å². The van der Waals surface area contributed by atoms with Crippen molar-refractivity contribution in [2.24, 2.45) is 5.73 Å². The van der Waals surface area contributed by atoms with Crippen LogP contribution in [0.5, 0.6) is 0 Å². The summed E-state index contributed by atoms with van der Waals surface area (Å²) >= 11 is 0. The fourth-order valence-electron chi connectivity index (χ4n) is 2.61. The van der Waals surface area contributed by atoms with Gasteiger partial charge in [-0.25, -0.2) is 4.68 Å². The third kappa shape index (κ3) is 2.95. The first-order valence-corrected chi connectivity index (χ1v) is 7.18. The highest BCUT2D eigenvalue weighted by Crippen LogP contribution is 2.13. The van der Waals surface area contributed by atoms with Gasteiger partial charge in [-0.05, 0) is 37.5 Å². The van der Waals surface area contributed by atoms with Gasteiger partial charge in [0.25, 0.3) is 5.91 Å². The molecule has 1 saturated heterocycles. The summed E-state index contributed by atoms with van der Waals surface area (Å²) in [6.07, 6.45) is 3.59. The van der Waals surface area contributed by atoms with Gasteiger partial charge in [0.15, 0.2) is 5.69 Å². The summed E-state index contributed by atoms with van der Waals surface area (Å²) in [7, 11) is 0.